The fraction of sp³-hybridized carbons (Fsp3) is 0.500. The molecule has 6 nitrogen and oxygen atoms in total. The Morgan fingerprint density at radius 3 is 2.30 bits per heavy atom. The summed E-state index contributed by atoms with van der Waals surface area (Å²) in [7, 11) is 1.62. The maximum Gasteiger partial charge on any atom is 0.239 e. The van der Waals surface area contributed by atoms with Crippen LogP contribution in [0.15, 0.2) is 24.3 Å². The summed E-state index contributed by atoms with van der Waals surface area (Å²) in [6.07, 6.45) is 0.717. The fourth-order valence-electron chi connectivity index (χ4n) is 1.79. The van der Waals surface area contributed by atoms with Gasteiger partial charge in [-0.2, -0.15) is 0 Å². The third kappa shape index (κ3) is 7.85. The Labute approximate surface area is 143 Å². The van der Waals surface area contributed by atoms with E-state index >= 15 is 0 Å². The van der Waals surface area contributed by atoms with Crippen molar-refractivity contribution in [3.05, 3.63) is 29.8 Å². The standard InChI is InChI=1S/C16H25N3O3.ClH/c1-11(2)15(17)16(21)19-10-14(20)18-9-8-12-4-6-13(22-3)7-5-12;/h4-7,11,15H,8-10,17H2,1-3H3,(H,18,20)(H,19,21);1H/t15-;/m0./s1. The first kappa shape index (κ1) is 21.2. The minimum atomic E-state index is -0.591. The lowest BCUT2D eigenvalue weighted by atomic mass is 10.1. The first-order valence-electron chi connectivity index (χ1n) is 7.37. The molecule has 0 aliphatic heterocycles. The molecule has 1 aromatic rings. The number of amides is 2. The van der Waals surface area contributed by atoms with Crippen molar-refractivity contribution in [2.24, 2.45) is 11.7 Å². The molecule has 130 valence electrons. The number of ether oxygens (including phenoxy) is 1. The van der Waals surface area contributed by atoms with Gasteiger partial charge in [-0.25, -0.2) is 0 Å². The first-order chi connectivity index (χ1) is 10.4. The summed E-state index contributed by atoms with van der Waals surface area (Å²) in [5.74, 6) is 0.313. The average molecular weight is 344 g/mol. The van der Waals surface area contributed by atoms with Gasteiger partial charge >= 0.3 is 0 Å². The second kappa shape index (κ2) is 10.9. The van der Waals surface area contributed by atoms with Crippen LogP contribution in [0, 0.1) is 5.92 Å². The van der Waals surface area contributed by atoms with Gasteiger partial charge in [-0.15, -0.1) is 12.4 Å². The van der Waals surface area contributed by atoms with Crippen molar-refractivity contribution in [2.75, 3.05) is 20.2 Å². The van der Waals surface area contributed by atoms with Crippen LogP contribution in [0.1, 0.15) is 19.4 Å². The van der Waals surface area contributed by atoms with E-state index in [1.165, 1.54) is 0 Å². The predicted octanol–water partition coefficient (Wildman–Crippen LogP) is 0.875. The molecule has 0 saturated heterocycles. The van der Waals surface area contributed by atoms with Crippen LogP contribution in [0.2, 0.25) is 0 Å². The average Bonchev–Trinajstić information content (AvgIpc) is 2.52. The molecule has 7 heteroatoms. The second-order valence-corrected chi connectivity index (χ2v) is 5.44. The molecule has 0 aliphatic rings. The van der Waals surface area contributed by atoms with Gasteiger partial charge < -0.3 is 21.1 Å². The van der Waals surface area contributed by atoms with Gasteiger partial charge in [0, 0.05) is 6.54 Å². The number of carbonyl (C=O) groups is 2. The van der Waals surface area contributed by atoms with Gasteiger partial charge in [0.1, 0.15) is 5.75 Å². The molecule has 0 bridgehead atoms. The molecule has 0 spiro atoms. The summed E-state index contributed by atoms with van der Waals surface area (Å²) in [6, 6.07) is 7.07. The van der Waals surface area contributed by atoms with Crippen molar-refractivity contribution >= 4 is 24.2 Å². The van der Waals surface area contributed by atoms with Crippen LogP contribution in [0.4, 0.5) is 0 Å². The van der Waals surface area contributed by atoms with Gasteiger partial charge in [0.05, 0.1) is 19.7 Å². The Kier molecular flexibility index (Phi) is 10.0. The van der Waals surface area contributed by atoms with Crippen LogP contribution in [-0.4, -0.2) is 38.1 Å². The number of benzene rings is 1. The molecule has 0 fully saturated rings. The third-order valence-electron chi connectivity index (χ3n) is 3.34. The molecular weight excluding hydrogens is 318 g/mol. The Morgan fingerprint density at radius 2 is 1.78 bits per heavy atom. The molecule has 0 aromatic heterocycles. The van der Waals surface area contributed by atoms with Crippen molar-refractivity contribution in [3.8, 4) is 5.75 Å². The zero-order chi connectivity index (χ0) is 16.5. The highest BCUT2D eigenvalue weighted by atomic mass is 35.5. The molecule has 2 amide bonds. The van der Waals surface area contributed by atoms with E-state index in [0.29, 0.717) is 6.54 Å². The zero-order valence-electron chi connectivity index (χ0n) is 13.8. The van der Waals surface area contributed by atoms with Gasteiger partial charge in [-0.3, -0.25) is 9.59 Å². The zero-order valence-corrected chi connectivity index (χ0v) is 14.6. The molecule has 1 atom stereocenters. The molecule has 4 N–H and O–H groups in total. The molecule has 0 saturated carbocycles. The predicted molar refractivity (Wildman–Crippen MR) is 92.8 cm³/mol. The van der Waals surface area contributed by atoms with Crippen LogP contribution in [-0.2, 0) is 16.0 Å². The smallest absolute Gasteiger partial charge is 0.239 e. The summed E-state index contributed by atoms with van der Waals surface area (Å²) >= 11 is 0. The van der Waals surface area contributed by atoms with Crippen molar-refractivity contribution in [1.82, 2.24) is 10.6 Å². The quantitative estimate of drug-likeness (QED) is 0.653. The summed E-state index contributed by atoms with van der Waals surface area (Å²) < 4.78 is 5.08. The molecule has 0 heterocycles. The lowest BCUT2D eigenvalue weighted by molar-refractivity contribution is -0.127. The maximum absolute atomic E-state index is 11.6. The lowest BCUT2D eigenvalue weighted by Crippen LogP contribution is -2.47. The van der Waals surface area contributed by atoms with Crippen molar-refractivity contribution in [2.45, 2.75) is 26.3 Å². The van der Waals surface area contributed by atoms with E-state index in [9.17, 15) is 9.59 Å². The Hall–Kier alpha value is -1.79. The number of hydrogen-bond acceptors (Lipinski definition) is 4. The highest BCUT2D eigenvalue weighted by molar-refractivity contribution is 5.87. The minimum Gasteiger partial charge on any atom is -0.497 e. The molecule has 23 heavy (non-hydrogen) atoms. The van der Waals surface area contributed by atoms with Crippen LogP contribution >= 0.6 is 12.4 Å². The minimum absolute atomic E-state index is 0. The van der Waals surface area contributed by atoms with E-state index < -0.39 is 6.04 Å². The number of nitrogens with one attached hydrogen (secondary N) is 2. The summed E-state index contributed by atoms with van der Waals surface area (Å²) in [5, 5.41) is 5.29. The van der Waals surface area contributed by atoms with Crippen LogP contribution < -0.4 is 21.1 Å². The van der Waals surface area contributed by atoms with Crippen molar-refractivity contribution < 1.29 is 14.3 Å². The number of methoxy groups -OCH3 is 1. The van der Waals surface area contributed by atoms with Gasteiger partial charge in [0.15, 0.2) is 0 Å². The lowest BCUT2D eigenvalue weighted by Gasteiger charge is -2.15. The summed E-state index contributed by atoms with van der Waals surface area (Å²) in [5.41, 5.74) is 6.80. The normalized spacial score (nSPS) is 11.3. The van der Waals surface area contributed by atoms with Crippen LogP contribution in [0.3, 0.4) is 0 Å². The Balaban J connectivity index is 0.00000484. The van der Waals surface area contributed by atoms with Gasteiger partial charge in [0.2, 0.25) is 11.8 Å². The molecule has 1 aromatic carbocycles. The van der Waals surface area contributed by atoms with E-state index in [1.54, 1.807) is 7.11 Å². The number of halogens is 1. The van der Waals surface area contributed by atoms with E-state index in [2.05, 4.69) is 10.6 Å². The SMILES string of the molecule is COc1ccc(CCNC(=O)CNC(=O)[C@@H](N)C(C)C)cc1.Cl. The van der Waals surface area contributed by atoms with Gasteiger partial charge in [0.25, 0.3) is 0 Å². The first-order valence-corrected chi connectivity index (χ1v) is 7.37. The van der Waals surface area contributed by atoms with E-state index in [4.69, 9.17) is 10.5 Å². The Morgan fingerprint density at radius 1 is 1.17 bits per heavy atom. The molecule has 0 unspecified atom stereocenters. The van der Waals surface area contributed by atoms with Gasteiger partial charge in [-0.05, 0) is 30.0 Å². The summed E-state index contributed by atoms with van der Waals surface area (Å²) in [4.78, 5) is 23.3. The largest absolute Gasteiger partial charge is 0.497 e. The maximum atomic E-state index is 11.6. The number of carbonyl (C=O) groups excluding carboxylic acids is 2. The number of rotatable bonds is 8. The van der Waals surface area contributed by atoms with Crippen molar-refractivity contribution in [1.29, 1.82) is 0 Å². The third-order valence-corrected chi connectivity index (χ3v) is 3.34. The molecule has 1 rings (SSSR count). The number of hydrogen-bond donors (Lipinski definition) is 3. The highest BCUT2D eigenvalue weighted by Gasteiger charge is 2.17. The van der Waals surface area contributed by atoms with E-state index in [0.717, 1.165) is 17.7 Å². The summed E-state index contributed by atoms with van der Waals surface area (Å²) in [6.45, 7) is 4.18. The molecular formula is C16H26ClN3O3. The monoisotopic (exact) mass is 343 g/mol. The fourth-order valence-corrected chi connectivity index (χ4v) is 1.79. The second-order valence-electron chi connectivity index (χ2n) is 5.44. The van der Waals surface area contributed by atoms with E-state index in [-0.39, 0.29) is 36.7 Å². The van der Waals surface area contributed by atoms with Crippen LogP contribution in [0.25, 0.3) is 0 Å². The van der Waals surface area contributed by atoms with Gasteiger partial charge in [-0.1, -0.05) is 26.0 Å². The topological polar surface area (TPSA) is 93.5 Å². The highest BCUT2D eigenvalue weighted by Crippen LogP contribution is 2.11. The molecule has 0 aliphatic carbocycles. The van der Waals surface area contributed by atoms with Crippen molar-refractivity contribution in [3.63, 3.8) is 0 Å². The Bertz CT molecular complexity index is 492. The molecule has 0 radical (unpaired) electrons. The number of nitrogens with two attached hydrogens (primary N) is 1. The van der Waals surface area contributed by atoms with E-state index in [1.807, 2.05) is 38.1 Å². The van der Waals surface area contributed by atoms with Crippen LogP contribution in [0.5, 0.6) is 5.75 Å².